The fourth-order valence-corrected chi connectivity index (χ4v) is 5.72. The summed E-state index contributed by atoms with van der Waals surface area (Å²) in [5.41, 5.74) is 1.37. The Bertz CT molecular complexity index is 1400. The van der Waals surface area contributed by atoms with Crippen molar-refractivity contribution in [1.29, 1.82) is 0 Å². The minimum Gasteiger partial charge on any atom is -0.354 e. The van der Waals surface area contributed by atoms with Crippen LogP contribution in [-0.4, -0.2) is 44.3 Å². The SMILES string of the molecule is CCCCNC(=O)[C@H](C)N(Cc1ccccc1F)C(=O)CN(c1cccc(Br)c1)S(=O)(=O)c1ccc(C)cc1. The molecular formula is C29H33BrFN3O4S. The fourth-order valence-electron chi connectivity index (χ4n) is 3.93. The summed E-state index contributed by atoms with van der Waals surface area (Å²) in [6.45, 7) is 5.04. The molecule has 0 aliphatic heterocycles. The molecular weight excluding hydrogens is 585 g/mol. The molecule has 0 saturated carbocycles. The normalized spacial score (nSPS) is 12.0. The number of nitrogens with zero attached hydrogens (tertiary/aromatic N) is 2. The molecule has 2 amide bonds. The zero-order chi connectivity index (χ0) is 28.6. The van der Waals surface area contributed by atoms with Crippen LogP contribution < -0.4 is 9.62 Å². The molecule has 1 N–H and O–H groups in total. The zero-order valence-corrected chi connectivity index (χ0v) is 24.6. The second-order valence-corrected chi connectivity index (χ2v) is 12.0. The van der Waals surface area contributed by atoms with Crippen LogP contribution in [-0.2, 0) is 26.2 Å². The van der Waals surface area contributed by atoms with E-state index < -0.39 is 40.2 Å². The van der Waals surface area contributed by atoms with E-state index in [1.54, 1.807) is 49.4 Å². The summed E-state index contributed by atoms with van der Waals surface area (Å²) in [4.78, 5) is 28.0. The quantitative estimate of drug-likeness (QED) is 0.275. The predicted molar refractivity (Wildman–Crippen MR) is 154 cm³/mol. The van der Waals surface area contributed by atoms with Gasteiger partial charge in [0, 0.05) is 23.1 Å². The first kappa shape index (κ1) is 30.3. The first-order valence-corrected chi connectivity index (χ1v) is 14.9. The number of nitrogens with one attached hydrogen (secondary N) is 1. The summed E-state index contributed by atoms with van der Waals surface area (Å²) in [6.07, 6.45) is 1.65. The van der Waals surface area contributed by atoms with Gasteiger partial charge in [-0.2, -0.15) is 0 Å². The highest BCUT2D eigenvalue weighted by atomic mass is 79.9. The molecule has 39 heavy (non-hydrogen) atoms. The molecule has 10 heteroatoms. The van der Waals surface area contributed by atoms with Gasteiger partial charge in [-0.3, -0.25) is 13.9 Å². The number of anilines is 1. The Hall–Kier alpha value is -3.24. The maximum atomic E-state index is 14.6. The number of aryl methyl sites for hydroxylation is 1. The third-order valence-electron chi connectivity index (χ3n) is 6.28. The second-order valence-electron chi connectivity index (χ2n) is 9.24. The van der Waals surface area contributed by atoms with Crippen LogP contribution >= 0.6 is 15.9 Å². The molecule has 3 rings (SSSR count). The number of hydrogen-bond acceptors (Lipinski definition) is 4. The molecule has 0 radical (unpaired) electrons. The highest BCUT2D eigenvalue weighted by Crippen LogP contribution is 2.27. The Balaban J connectivity index is 2.01. The summed E-state index contributed by atoms with van der Waals surface area (Å²) in [7, 11) is -4.17. The summed E-state index contributed by atoms with van der Waals surface area (Å²) < 4.78 is 43.8. The molecule has 0 fully saturated rings. The van der Waals surface area contributed by atoms with E-state index in [4.69, 9.17) is 0 Å². The van der Waals surface area contributed by atoms with Crippen molar-refractivity contribution in [2.45, 2.75) is 51.1 Å². The third kappa shape index (κ3) is 7.89. The van der Waals surface area contributed by atoms with Crippen molar-refractivity contribution in [3.05, 3.63) is 94.2 Å². The molecule has 7 nitrogen and oxygen atoms in total. The fraction of sp³-hybridized carbons (Fsp3) is 0.310. The van der Waals surface area contributed by atoms with Crippen molar-refractivity contribution in [1.82, 2.24) is 10.2 Å². The molecule has 3 aromatic rings. The number of halogens is 2. The van der Waals surface area contributed by atoms with Gasteiger partial charge in [0.25, 0.3) is 10.0 Å². The van der Waals surface area contributed by atoms with Gasteiger partial charge in [-0.05, 0) is 56.7 Å². The number of carbonyl (C=O) groups is 2. The van der Waals surface area contributed by atoms with Crippen molar-refractivity contribution < 1.29 is 22.4 Å². The number of rotatable bonds is 12. The van der Waals surface area contributed by atoms with Gasteiger partial charge in [-0.1, -0.05) is 71.2 Å². The molecule has 0 heterocycles. The largest absolute Gasteiger partial charge is 0.354 e. The molecule has 208 valence electrons. The smallest absolute Gasteiger partial charge is 0.264 e. The van der Waals surface area contributed by atoms with Gasteiger partial charge in [-0.15, -0.1) is 0 Å². The number of amides is 2. The summed E-state index contributed by atoms with van der Waals surface area (Å²) >= 11 is 3.37. The highest BCUT2D eigenvalue weighted by molar-refractivity contribution is 9.10. The van der Waals surface area contributed by atoms with Gasteiger partial charge in [0.1, 0.15) is 18.4 Å². The lowest BCUT2D eigenvalue weighted by Crippen LogP contribution is -2.51. The van der Waals surface area contributed by atoms with Crippen molar-refractivity contribution in [3.8, 4) is 0 Å². The van der Waals surface area contributed by atoms with E-state index in [1.165, 1.54) is 35.2 Å². The lowest BCUT2D eigenvalue weighted by molar-refractivity contribution is -0.139. The van der Waals surface area contributed by atoms with Crippen molar-refractivity contribution in [2.75, 3.05) is 17.4 Å². The Morgan fingerprint density at radius 3 is 2.36 bits per heavy atom. The molecule has 0 spiro atoms. The van der Waals surface area contributed by atoms with E-state index in [2.05, 4.69) is 21.2 Å². The van der Waals surface area contributed by atoms with Crippen LogP contribution in [0.5, 0.6) is 0 Å². The number of hydrogen-bond donors (Lipinski definition) is 1. The molecule has 0 aliphatic carbocycles. The summed E-state index contributed by atoms with van der Waals surface area (Å²) in [5.74, 6) is -1.57. The molecule has 0 bridgehead atoms. The third-order valence-corrected chi connectivity index (χ3v) is 8.56. The van der Waals surface area contributed by atoms with Gasteiger partial charge < -0.3 is 10.2 Å². The Labute approximate surface area is 238 Å². The number of unbranched alkanes of at least 4 members (excludes halogenated alkanes) is 1. The zero-order valence-electron chi connectivity index (χ0n) is 22.2. The molecule has 1 atom stereocenters. The number of sulfonamides is 1. The Morgan fingerprint density at radius 1 is 1.03 bits per heavy atom. The van der Waals surface area contributed by atoms with Gasteiger partial charge in [0.05, 0.1) is 10.6 Å². The average molecular weight is 619 g/mol. The van der Waals surface area contributed by atoms with Crippen LogP contribution in [0.2, 0.25) is 0 Å². The van der Waals surface area contributed by atoms with Crippen molar-refractivity contribution in [3.63, 3.8) is 0 Å². The second kappa shape index (κ2) is 13.7. The average Bonchev–Trinajstić information content (AvgIpc) is 2.91. The summed E-state index contributed by atoms with van der Waals surface area (Å²) in [5, 5.41) is 2.81. The van der Waals surface area contributed by atoms with Crippen molar-refractivity contribution >= 4 is 43.5 Å². The Kier molecular flexibility index (Phi) is 10.7. The highest BCUT2D eigenvalue weighted by Gasteiger charge is 2.32. The first-order valence-electron chi connectivity index (χ1n) is 12.7. The standard InChI is InChI=1S/C29H33BrFN3O4S/c1-4-5-17-32-29(36)22(3)33(19-23-9-6-7-12-27(23)31)28(35)20-34(25-11-8-10-24(30)18-25)39(37,38)26-15-13-21(2)14-16-26/h6-16,18,22H,4-5,17,19-20H2,1-3H3,(H,32,36)/t22-/m0/s1. The minimum absolute atomic E-state index is 0.0203. The van der Waals surface area contributed by atoms with E-state index in [1.807, 2.05) is 13.8 Å². The first-order chi connectivity index (χ1) is 18.5. The number of carbonyl (C=O) groups excluding carboxylic acids is 2. The minimum atomic E-state index is -4.17. The molecule has 0 saturated heterocycles. The molecule has 0 aromatic heterocycles. The molecule has 3 aromatic carbocycles. The van der Waals surface area contributed by atoms with Crippen LogP contribution in [0.3, 0.4) is 0 Å². The van der Waals surface area contributed by atoms with Crippen LogP contribution in [0.15, 0.2) is 82.2 Å². The van der Waals surface area contributed by atoms with E-state index >= 15 is 0 Å². The van der Waals surface area contributed by atoms with Gasteiger partial charge in [0.2, 0.25) is 11.8 Å². The lowest BCUT2D eigenvalue weighted by Gasteiger charge is -2.32. The maximum Gasteiger partial charge on any atom is 0.264 e. The van der Waals surface area contributed by atoms with Crippen molar-refractivity contribution in [2.24, 2.45) is 0 Å². The van der Waals surface area contributed by atoms with E-state index in [-0.39, 0.29) is 22.7 Å². The topological polar surface area (TPSA) is 86.8 Å². The van der Waals surface area contributed by atoms with Gasteiger partial charge >= 0.3 is 0 Å². The number of benzene rings is 3. The monoisotopic (exact) mass is 617 g/mol. The van der Waals surface area contributed by atoms with Gasteiger partial charge in [-0.25, -0.2) is 12.8 Å². The lowest BCUT2D eigenvalue weighted by atomic mass is 10.1. The Morgan fingerprint density at radius 2 is 1.72 bits per heavy atom. The molecule has 0 aliphatic rings. The van der Waals surface area contributed by atoms with Crippen LogP contribution in [0.1, 0.15) is 37.8 Å². The maximum absolute atomic E-state index is 14.6. The van der Waals surface area contributed by atoms with Gasteiger partial charge in [0.15, 0.2) is 0 Å². The predicted octanol–water partition coefficient (Wildman–Crippen LogP) is 5.43. The van der Waals surface area contributed by atoms with E-state index in [9.17, 15) is 22.4 Å². The van der Waals surface area contributed by atoms with Crippen LogP contribution in [0.4, 0.5) is 10.1 Å². The van der Waals surface area contributed by atoms with E-state index in [0.29, 0.717) is 11.0 Å². The van der Waals surface area contributed by atoms with Crippen LogP contribution in [0.25, 0.3) is 0 Å². The van der Waals surface area contributed by atoms with Crippen LogP contribution in [0, 0.1) is 12.7 Å². The van der Waals surface area contributed by atoms with E-state index in [0.717, 1.165) is 22.7 Å². The summed E-state index contributed by atoms with van der Waals surface area (Å²) in [6, 6.07) is 18.0. The molecule has 0 unspecified atom stereocenters.